The van der Waals surface area contributed by atoms with E-state index in [1.807, 2.05) is 18.2 Å². The maximum absolute atomic E-state index is 11.5. The zero-order valence-electron chi connectivity index (χ0n) is 15.7. The Morgan fingerprint density at radius 1 is 1.14 bits per heavy atom. The second-order valence-corrected chi connectivity index (χ2v) is 9.41. The van der Waals surface area contributed by atoms with Crippen molar-refractivity contribution in [1.82, 2.24) is 9.97 Å². The highest BCUT2D eigenvalue weighted by atomic mass is 32.2. The van der Waals surface area contributed by atoms with E-state index in [1.165, 1.54) is 16.2 Å². The number of thiophene rings is 1. The van der Waals surface area contributed by atoms with E-state index in [4.69, 9.17) is 9.47 Å². The fourth-order valence-corrected chi connectivity index (χ4v) is 5.33. The van der Waals surface area contributed by atoms with E-state index in [0.29, 0.717) is 23.0 Å². The number of fused-ring (bicyclic) bond motifs is 2. The van der Waals surface area contributed by atoms with Gasteiger partial charge in [0.25, 0.3) is 0 Å². The Bertz CT molecular complexity index is 1140. The van der Waals surface area contributed by atoms with Gasteiger partial charge in [0, 0.05) is 29.4 Å². The highest BCUT2D eigenvalue weighted by Crippen LogP contribution is 2.38. The average molecular weight is 421 g/mol. The molecule has 1 aromatic carbocycles. The van der Waals surface area contributed by atoms with Crippen LogP contribution in [0.15, 0.2) is 24.5 Å². The van der Waals surface area contributed by atoms with Crippen LogP contribution >= 0.6 is 11.3 Å². The Labute approximate surface area is 167 Å². The van der Waals surface area contributed by atoms with Crippen molar-refractivity contribution in [3.05, 3.63) is 35.0 Å². The molecule has 0 saturated carbocycles. The third kappa shape index (κ3) is 3.57. The van der Waals surface area contributed by atoms with E-state index in [9.17, 15) is 8.42 Å². The summed E-state index contributed by atoms with van der Waals surface area (Å²) >= 11 is 1.49. The number of methoxy groups -OCH3 is 2. The zero-order chi connectivity index (χ0) is 19.9. The van der Waals surface area contributed by atoms with Gasteiger partial charge in [-0.2, -0.15) is 0 Å². The molecule has 0 spiro atoms. The molecule has 0 radical (unpaired) electrons. The lowest BCUT2D eigenvalue weighted by Gasteiger charge is -2.28. The number of hydrogen-bond donors (Lipinski definition) is 1. The molecule has 0 aliphatic carbocycles. The minimum absolute atomic E-state index is 0.620. The molecular weight excluding hydrogens is 400 g/mol. The molecule has 148 valence electrons. The lowest BCUT2D eigenvalue weighted by atomic mass is 10.1. The molecule has 0 bridgehead atoms. The molecule has 28 heavy (non-hydrogen) atoms. The molecule has 3 aromatic rings. The topological polar surface area (TPSA) is 93.7 Å². The Hall–Kier alpha value is -2.59. The van der Waals surface area contributed by atoms with Crippen LogP contribution in [0, 0.1) is 0 Å². The Balaban J connectivity index is 1.70. The van der Waals surface area contributed by atoms with Crippen LogP contribution in [0.2, 0.25) is 0 Å². The summed E-state index contributed by atoms with van der Waals surface area (Å²) in [4.78, 5) is 12.2. The van der Waals surface area contributed by atoms with Crippen LogP contribution in [0.1, 0.15) is 10.4 Å². The SMILES string of the molecule is COc1cc2ncnc(N3CCc4sc(NS(C)(=O)=O)cc4C3)c2cc1OC. The number of aromatic nitrogens is 2. The third-order valence-electron chi connectivity index (χ3n) is 4.57. The lowest BCUT2D eigenvalue weighted by Crippen LogP contribution is -2.30. The quantitative estimate of drug-likeness (QED) is 0.678. The summed E-state index contributed by atoms with van der Waals surface area (Å²) in [6.07, 6.45) is 3.53. The van der Waals surface area contributed by atoms with Crippen molar-refractivity contribution in [2.75, 3.05) is 36.6 Å². The summed E-state index contributed by atoms with van der Waals surface area (Å²) in [7, 11) is -0.0919. The highest BCUT2D eigenvalue weighted by molar-refractivity contribution is 7.92. The van der Waals surface area contributed by atoms with Crippen molar-refractivity contribution >= 4 is 43.1 Å². The van der Waals surface area contributed by atoms with Crippen molar-refractivity contribution < 1.29 is 17.9 Å². The number of hydrogen-bond acceptors (Lipinski definition) is 8. The summed E-state index contributed by atoms with van der Waals surface area (Å²) in [5.41, 5.74) is 1.88. The second-order valence-electron chi connectivity index (χ2n) is 6.53. The normalized spacial score (nSPS) is 14.0. The summed E-state index contributed by atoms with van der Waals surface area (Å²) in [6.45, 7) is 1.43. The maximum Gasteiger partial charge on any atom is 0.230 e. The Morgan fingerprint density at radius 2 is 1.89 bits per heavy atom. The van der Waals surface area contributed by atoms with Crippen LogP contribution in [0.3, 0.4) is 0 Å². The van der Waals surface area contributed by atoms with Crippen LogP contribution in [0.5, 0.6) is 11.5 Å². The monoisotopic (exact) mass is 420 g/mol. The minimum Gasteiger partial charge on any atom is -0.493 e. The fraction of sp³-hybridized carbons (Fsp3) is 0.333. The Kier molecular flexibility index (Phi) is 4.76. The van der Waals surface area contributed by atoms with Gasteiger partial charge in [-0.15, -0.1) is 11.3 Å². The molecule has 4 rings (SSSR count). The summed E-state index contributed by atoms with van der Waals surface area (Å²) in [5.74, 6) is 2.06. The molecule has 0 fully saturated rings. The van der Waals surface area contributed by atoms with E-state index in [0.717, 1.165) is 41.5 Å². The number of nitrogens with zero attached hydrogens (tertiary/aromatic N) is 3. The molecule has 0 atom stereocenters. The van der Waals surface area contributed by atoms with Crippen molar-refractivity contribution in [3.63, 3.8) is 0 Å². The Morgan fingerprint density at radius 3 is 2.61 bits per heavy atom. The first kappa shape index (κ1) is 18.8. The van der Waals surface area contributed by atoms with E-state index in [-0.39, 0.29) is 0 Å². The summed E-state index contributed by atoms with van der Waals surface area (Å²) in [5, 5.41) is 1.53. The molecule has 0 saturated heterocycles. The van der Waals surface area contributed by atoms with Crippen molar-refractivity contribution in [1.29, 1.82) is 0 Å². The fourth-order valence-electron chi connectivity index (χ4n) is 3.37. The number of anilines is 2. The van der Waals surface area contributed by atoms with Crippen LogP contribution in [0.4, 0.5) is 10.8 Å². The van der Waals surface area contributed by atoms with Crippen LogP contribution in [-0.2, 0) is 23.0 Å². The highest BCUT2D eigenvalue weighted by Gasteiger charge is 2.23. The molecule has 1 N–H and O–H groups in total. The number of ether oxygens (including phenoxy) is 2. The molecule has 0 unspecified atom stereocenters. The van der Waals surface area contributed by atoms with E-state index in [2.05, 4.69) is 19.6 Å². The molecule has 2 aromatic heterocycles. The van der Waals surface area contributed by atoms with Gasteiger partial charge in [0.1, 0.15) is 17.1 Å². The number of benzene rings is 1. The molecule has 1 aliphatic rings. The van der Waals surface area contributed by atoms with Crippen LogP contribution < -0.4 is 19.1 Å². The molecule has 3 heterocycles. The van der Waals surface area contributed by atoms with Gasteiger partial charge < -0.3 is 14.4 Å². The van der Waals surface area contributed by atoms with Gasteiger partial charge >= 0.3 is 0 Å². The number of rotatable bonds is 5. The number of nitrogens with one attached hydrogen (secondary N) is 1. The van der Waals surface area contributed by atoms with Crippen molar-refractivity contribution in [2.24, 2.45) is 0 Å². The van der Waals surface area contributed by atoms with Gasteiger partial charge in [-0.25, -0.2) is 18.4 Å². The predicted octanol–water partition coefficient (Wildman–Crippen LogP) is 2.64. The summed E-state index contributed by atoms with van der Waals surface area (Å²) < 4.78 is 36.4. The van der Waals surface area contributed by atoms with E-state index >= 15 is 0 Å². The van der Waals surface area contributed by atoms with Gasteiger partial charge in [-0.3, -0.25) is 4.72 Å². The van der Waals surface area contributed by atoms with Crippen molar-refractivity contribution in [3.8, 4) is 11.5 Å². The molecule has 8 nitrogen and oxygen atoms in total. The van der Waals surface area contributed by atoms with Gasteiger partial charge in [-0.05, 0) is 24.1 Å². The third-order valence-corrected chi connectivity index (χ3v) is 6.44. The van der Waals surface area contributed by atoms with Crippen LogP contribution in [0.25, 0.3) is 10.9 Å². The predicted molar refractivity (Wildman–Crippen MR) is 110 cm³/mol. The lowest BCUT2D eigenvalue weighted by molar-refractivity contribution is 0.356. The van der Waals surface area contributed by atoms with Gasteiger partial charge in [0.15, 0.2) is 11.5 Å². The standard InChI is InChI=1S/C18H20N4O4S2/c1-25-14-7-12-13(8-15(14)26-2)19-10-20-18(12)22-5-4-16-11(9-22)6-17(27-16)21-28(3,23)24/h6-8,10,21H,4-5,9H2,1-3H3. The van der Waals surface area contributed by atoms with Gasteiger partial charge in [-0.1, -0.05) is 0 Å². The van der Waals surface area contributed by atoms with Crippen molar-refractivity contribution in [2.45, 2.75) is 13.0 Å². The zero-order valence-corrected chi connectivity index (χ0v) is 17.4. The second kappa shape index (κ2) is 7.10. The molecular formula is C18H20N4O4S2. The van der Waals surface area contributed by atoms with E-state index < -0.39 is 10.0 Å². The van der Waals surface area contributed by atoms with Crippen LogP contribution in [-0.4, -0.2) is 45.4 Å². The molecule has 10 heteroatoms. The molecule has 1 aliphatic heterocycles. The number of sulfonamides is 1. The minimum atomic E-state index is -3.29. The summed E-state index contributed by atoms with van der Waals surface area (Å²) in [6, 6.07) is 5.64. The first-order chi connectivity index (χ1) is 13.4. The first-order valence-electron chi connectivity index (χ1n) is 8.59. The van der Waals surface area contributed by atoms with Gasteiger partial charge in [0.05, 0.1) is 26.0 Å². The van der Waals surface area contributed by atoms with E-state index in [1.54, 1.807) is 20.5 Å². The largest absolute Gasteiger partial charge is 0.493 e. The maximum atomic E-state index is 11.5. The first-order valence-corrected chi connectivity index (χ1v) is 11.3. The molecule has 0 amide bonds. The average Bonchev–Trinajstić information content (AvgIpc) is 3.05. The smallest absolute Gasteiger partial charge is 0.230 e. The van der Waals surface area contributed by atoms with Gasteiger partial charge in [0.2, 0.25) is 10.0 Å².